The molecule has 1 aromatic rings. The van der Waals surface area contributed by atoms with Crippen LogP contribution >= 0.6 is 0 Å². The second kappa shape index (κ2) is 5.89. The average molecular weight is 206 g/mol. The van der Waals surface area contributed by atoms with Crippen LogP contribution in [0, 0.1) is 0 Å². The number of hydrogen-bond acceptors (Lipinski definition) is 2. The Morgan fingerprint density at radius 3 is 2.47 bits per heavy atom. The van der Waals surface area contributed by atoms with Crippen molar-refractivity contribution in [2.45, 2.75) is 38.6 Å². The molecule has 0 saturated carbocycles. The minimum absolute atomic E-state index is 0.132. The highest BCUT2D eigenvalue weighted by atomic mass is 14.6. The topological polar surface area (TPSA) is 52.0 Å². The van der Waals surface area contributed by atoms with Gasteiger partial charge in [-0.25, -0.2) is 0 Å². The third-order valence-electron chi connectivity index (χ3n) is 2.72. The van der Waals surface area contributed by atoms with Crippen molar-refractivity contribution in [3.05, 3.63) is 35.4 Å². The molecule has 0 aliphatic carbocycles. The molecule has 1 atom stereocenters. The molecule has 0 bridgehead atoms. The lowest BCUT2D eigenvalue weighted by Gasteiger charge is -2.14. The van der Waals surface area contributed by atoms with E-state index in [2.05, 4.69) is 38.1 Å². The lowest BCUT2D eigenvalue weighted by atomic mass is 9.96. The van der Waals surface area contributed by atoms with Gasteiger partial charge in [-0.15, -0.1) is 0 Å². The summed E-state index contributed by atoms with van der Waals surface area (Å²) in [4.78, 5) is 0. The largest absolute Gasteiger partial charge is 0.330 e. The van der Waals surface area contributed by atoms with Gasteiger partial charge < -0.3 is 11.5 Å². The summed E-state index contributed by atoms with van der Waals surface area (Å²) in [5.74, 6) is 0.562. The molecule has 0 amide bonds. The van der Waals surface area contributed by atoms with Crippen LogP contribution in [0.15, 0.2) is 24.3 Å². The first-order valence-electron chi connectivity index (χ1n) is 5.70. The van der Waals surface area contributed by atoms with Crippen LogP contribution in [0.4, 0.5) is 0 Å². The maximum absolute atomic E-state index is 6.09. The summed E-state index contributed by atoms with van der Waals surface area (Å²) in [6, 6.07) is 8.70. The van der Waals surface area contributed by atoms with Crippen molar-refractivity contribution in [1.29, 1.82) is 0 Å². The molecular weight excluding hydrogens is 184 g/mol. The molecule has 15 heavy (non-hydrogen) atoms. The summed E-state index contributed by atoms with van der Waals surface area (Å²) in [5, 5.41) is 0. The maximum atomic E-state index is 6.09. The Labute approximate surface area is 92.7 Å². The predicted molar refractivity (Wildman–Crippen MR) is 65.7 cm³/mol. The average Bonchev–Trinajstić information content (AvgIpc) is 2.26. The molecule has 0 saturated heterocycles. The minimum atomic E-state index is 0.132. The number of nitrogens with two attached hydrogens (primary N) is 2. The second-order valence-corrected chi connectivity index (χ2v) is 4.36. The van der Waals surface area contributed by atoms with Gasteiger partial charge >= 0.3 is 0 Å². The smallest absolute Gasteiger partial charge is 0.0295 e. The van der Waals surface area contributed by atoms with Crippen molar-refractivity contribution in [2.75, 3.05) is 6.54 Å². The summed E-state index contributed by atoms with van der Waals surface area (Å²) < 4.78 is 0. The first kappa shape index (κ1) is 12.2. The Kier molecular flexibility index (Phi) is 4.79. The van der Waals surface area contributed by atoms with E-state index in [-0.39, 0.29) is 6.04 Å². The van der Waals surface area contributed by atoms with Gasteiger partial charge in [0.25, 0.3) is 0 Å². The fourth-order valence-electron chi connectivity index (χ4n) is 1.65. The first-order chi connectivity index (χ1) is 7.15. The number of benzene rings is 1. The van der Waals surface area contributed by atoms with Crippen LogP contribution < -0.4 is 11.5 Å². The third-order valence-corrected chi connectivity index (χ3v) is 2.72. The van der Waals surface area contributed by atoms with Crippen LogP contribution in [-0.2, 0) is 0 Å². The summed E-state index contributed by atoms with van der Waals surface area (Å²) in [7, 11) is 0. The summed E-state index contributed by atoms with van der Waals surface area (Å²) in [6.45, 7) is 5.12. The van der Waals surface area contributed by atoms with Crippen LogP contribution in [-0.4, -0.2) is 6.54 Å². The predicted octanol–water partition coefficient (Wildman–Crippen LogP) is 2.55. The molecule has 0 unspecified atom stereocenters. The van der Waals surface area contributed by atoms with Gasteiger partial charge in [-0.1, -0.05) is 38.1 Å². The van der Waals surface area contributed by atoms with E-state index in [1.54, 1.807) is 0 Å². The standard InChI is InChI=1S/C13H22N2/c1-10(2)11-5-3-6-12(9-11)13(15)7-4-8-14/h3,5-6,9-10,13H,4,7-8,14-15H2,1-2H3/t13-/m0/s1. The van der Waals surface area contributed by atoms with Crippen molar-refractivity contribution >= 4 is 0 Å². The van der Waals surface area contributed by atoms with Crippen LogP contribution in [0.3, 0.4) is 0 Å². The van der Waals surface area contributed by atoms with Crippen molar-refractivity contribution in [3.63, 3.8) is 0 Å². The summed E-state index contributed by atoms with van der Waals surface area (Å²) >= 11 is 0. The molecule has 4 N–H and O–H groups in total. The summed E-state index contributed by atoms with van der Waals surface area (Å²) in [5.41, 5.74) is 14.2. The highest BCUT2D eigenvalue weighted by Gasteiger charge is 2.07. The fourth-order valence-corrected chi connectivity index (χ4v) is 1.65. The van der Waals surface area contributed by atoms with Crippen molar-refractivity contribution < 1.29 is 0 Å². The van der Waals surface area contributed by atoms with Crippen molar-refractivity contribution in [1.82, 2.24) is 0 Å². The monoisotopic (exact) mass is 206 g/mol. The summed E-state index contributed by atoms with van der Waals surface area (Å²) in [6.07, 6.45) is 1.96. The van der Waals surface area contributed by atoms with Crippen LogP contribution in [0.1, 0.15) is 49.8 Å². The lowest BCUT2D eigenvalue weighted by molar-refractivity contribution is 0.617. The van der Waals surface area contributed by atoms with E-state index in [1.165, 1.54) is 11.1 Å². The van der Waals surface area contributed by atoms with Crippen LogP contribution in [0.2, 0.25) is 0 Å². The van der Waals surface area contributed by atoms with E-state index in [4.69, 9.17) is 11.5 Å². The molecular formula is C13H22N2. The molecule has 1 aromatic carbocycles. The Hall–Kier alpha value is -0.860. The van der Waals surface area contributed by atoms with E-state index < -0.39 is 0 Å². The number of rotatable bonds is 5. The molecule has 0 aromatic heterocycles. The van der Waals surface area contributed by atoms with Gasteiger partial charge in [-0.2, -0.15) is 0 Å². The van der Waals surface area contributed by atoms with Crippen molar-refractivity contribution in [2.24, 2.45) is 11.5 Å². The van der Waals surface area contributed by atoms with Gasteiger partial charge in [0.1, 0.15) is 0 Å². The van der Waals surface area contributed by atoms with Gasteiger partial charge in [0.05, 0.1) is 0 Å². The van der Waals surface area contributed by atoms with Gasteiger partial charge in [-0.3, -0.25) is 0 Å². The quantitative estimate of drug-likeness (QED) is 0.778. The van der Waals surface area contributed by atoms with Crippen LogP contribution in [0.25, 0.3) is 0 Å². The molecule has 0 radical (unpaired) electrons. The van der Waals surface area contributed by atoms with Gasteiger partial charge in [0.2, 0.25) is 0 Å². The molecule has 1 rings (SSSR count). The highest BCUT2D eigenvalue weighted by molar-refractivity contribution is 5.27. The Morgan fingerprint density at radius 2 is 1.87 bits per heavy atom. The van der Waals surface area contributed by atoms with E-state index >= 15 is 0 Å². The normalized spacial score (nSPS) is 13.1. The molecule has 84 valence electrons. The highest BCUT2D eigenvalue weighted by Crippen LogP contribution is 2.21. The first-order valence-corrected chi connectivity index (χ1v) is 5.70. The third kappa shape index (κ3) is 3.65. The molecule has 0 heterocycles. The zero-order chi connectivity index (χ0) is 11.3. The van der Waals surface area contributed by atoms with Gasteiger partial charge in [0, 0.05) is 6.04 Å². The van der Waals surface area contributed by atoms with Crippen molar-refractivity contribution in [3.8, 4) is 0 Å². The SMILES string of the molecule is CC(C)c1cccc([C@@H](N)CCCN)c1. The van der Waals surface area contributed by atoms with E-state index in [9.17, 15) is 0 Å². The molecule has 0 spiro atoms. The molecule has 0 fully saturated rings. The second-order valence-electron chi connectivity index (χ2n) is 4.36. The maximum Gasteiger partial charge on any atom is 0.0295 e. The molecule has 0 aliphatic rings. The van der Waals surface area contributed by atoms with Crippen LogP contribution in [0.5, 0.6) is 0 Å². The van der Waals surface area contributed by atoms with E-state index in [1.807, 2.05) is 0 Å². The Balaban J connectivity index is 2.71. The van der Waals surface area contributed by atoms with E-state index in [0.29, 0.717) is 5.92 Å². The molecule has 2 heteroatoms. The van der Waals surface area contributed by atoms with Gasteiger partial charge in [0.15, 0.2) is 0 Å². The minimum Gasteiger partial charge on any atom is -0.330 e. The van der Waals surface area contributed by atoms with E-state index in [0.717, 1.165) is 19.4 Å². The van der Waals surface area contributed by atoms with Gasteiger partial charge in [-0.05, 0) is 36.4 Å². The lowest BCUT2D eigenvalue weighted by Crippen LogP contribution is -2.12. The number of hydrogen-bond donors (Lipinski definition) is 2. The molecule has 2 nitrogen and oxygen atoms in total. The fraction of sp³-hybridized carbons (Fsp3) is 0.538. The zero-order valence-corrected chi connectivity index (χ0v) is 9.74. The Bertz CT molecular complexity index is 294. The zero-order valence-electron chi connectivity index (χ0n) is 9.74. The Morgan fingerprint density at radius 1 is 1.20 bits per heavy atom. The molecule has 0 aliphatic heterocycles.